The van der Waals surface area contributed by atoms with E-state index in [1.165, 1.54) is 0 Å². The van der Waals surface area contributed by atoms with Crippen LogP contribution < -0.4 is 0 Å². The fourth-order valence-corrected chi connectivity index (χ4v) is 0.978. The Morgan fingerprint density at radius 2 is 1.43 bits per heavy atom. The number of hydrogen-bond acceptors (Lipinski definition) is 6. The molecule has 1 aliphatic rings. The minimum atomic E-state index is -0.725. The molecule has 0 aliphatic carbocycles. The van der Waals surface area contributed by atoms with Gasteiger partial charge in [-0.1, -0.05) is 0 Å². The van der Waals surface area contributed by atoms with E-state index in [-0.39, 0.29) is 13.2 Å². The molecule has 76 valence electrons. The quantitative estimate of drug-likeness (QED) is 0.620. The minimum Gasteiger partial charge on any atom is -0.346 e. The van der Waals surface area contributed by atoms with Crippen LogP contribution in [0, 0.1) is 22.7 Å². The predicted molar refractivity (Wildman–Crippen MR) is 42.6 cm³/mol. The van der Waals surface area contributed by atoms with Gasteiger partial charge in [0, 0.05) is 0 Å². The van der Waals surface area contributed by atoms with Crippen LogP contribution in [0.25, 0.3) is 0 Å². The van der Waals surface area contributed by atoms with E-state index in [4.69, 9.17) is 29.5 Å². The van der Waals surface area contributed by atoms with Gasteiger partial charge < -0.3 is 18.9 Å². The maximum atomic E-state index is 8.29. The van der Waals surface area contributed by atoms with Crippen molar-refractivity contribution in [2.45, 2.75) is 12.6 Å². The van der Waals surface area contributed by atoms with Crippen LogP contribution in [0.5, 0.6) is 0 Å². The predicted octanol–water partition coefficient (Wildman–Crippen LogP) is -0.234. The molecule has 0 radical (unpaired) electrons. The third kappa shape index (κ3) is 3.29. The second kappa shape index (κ2) is 6.30. The van der Waals surface area contributed by atoms with E-state index < -0.39 is 12.6 Å². The van der Waals surface area contributed by atoms with Gasteiger partial charge in [0.1, 0.15) is 13.2 Å². The summed E-state index contributed by atoms with van der Waals surface area (Å²) in [6, 6.07) is 3.63. The van der Waals surface area contributed by atoms with Crippen LogP contribution in [0.2, 0.25) is 0 Å². The third-order valence-corrected chi connectivity index (χ3v) is 1.49. The van der Waals surface area contributed by atoms with Crippen LogP contribution in [0.4, 0.5) is 0 Å². The lowest BCUT2D eigenvalue weighted by Gasteiger charge is -2.29. The highest BCUT2D eigenvalue weighted by Crippen LogP contribution is 2.12. The SMILES string of the molecule is N#CCOC1OCCOC1OCC#N. The molecule has 0 aromatic rings. The summed E-state index contributed by atoms with van der Waals surface area (Å²) in [6.45, 7) is 0.589. The first kappa shape index (κ1) is 10.9. The zero-order valence-electron chi connectivity index (χ0n) is 7.51. The number of ether oxygens (including phenoxy) is 4. The van der Waals surface area contributed by atoms with Crippen molar-refractivity contribution in [1.29, 1.82) is 10.5 Å². The summed E-state index contributed by atoms with van der Waals surface area (Å²) in [4.78, 5) is 0. The largest absolute Gasteiger partial charge is 0.346 e. The van der Waals surface area contributed by atoms with Crippen molar-refractivity contribution in [1.82, 2.24) is 0 Å². The van der Waals surface area contributed by atoms with Crippen LogP contribution in [0.3, 0.4) is 0 Å². The fourth-order valence-electron chi connectivity index (χ4n) is 0.978. The molecule has 0 aromatic carbocycles. The molecule has 1 rings (SSSR count). The molecule has 0 N–H and O–H groups in total. The van der Waals surface area contributed by atoms with Crippen molar-refractivity contribution in [2.75, 3.05) is 26.4 Å². The van der Waals surface area contributed by atoms with Gasteiger partial charge in [-0.2, -0.15) is 10.5 Å². The molecule has 2 atom stereocenters. The van der Waals surface area contributed by atoms with E-state index in [0.717, 1.165) is 0 Å². The molecule has 1 fully saturated rings. The first-order valence-corrected chi connectivity index (χ1v) is 4.09. The van der Waals surface area contributed by atoms with Gasteiger partial charge in [0.25, 0.3) is 0 Å². The van der Waals surface area contributed by atoms with Gasteiger partial charge >= 0.3 is 0 Å². The van der Waals surface area contributed by atoms with Crippen LogP contribution >= 0.6 is 0 Å². The smallest absolute Gasteiger partial charge is 0.210 e. The van der Waals surface area contributed by atoms with Crippen molar-refractivity contribution < 1.29 is 18.9 Å². The molecule has 1 heterocycles. The van der Waals surface area contributed by atoms with E-state index in [1.807, 2.05) is 12.1 Å². The van der Waals surface area contributed by atoms with E-state index in [0.29, 0.717) is 13.2 Å². The third-order valence-electron chi connectivity index (χ3n) is 1.49. The van der Waals surface area contributed by atoms with Gasteiger partial charge in [0.2, 0.25) is 12.6 Å². The highest BCUT2D eigenvalue weighted by Gasteiger charge is 2.28. The first-order chi connectivity index (χ1) is 6.88. The maximum Gasteiger partial charge on any atom is 0.210 e. The number of hydrogen-bond donors (Lipinski definition) is 0. The van der Waals surface area contributed by atoms with Crippen LogP contribution in [0.1, 0.15) is 0 Å². The average Bonchev–Trinajstić information content (AvgIpc) is 2.24. The zero-order valence-corrected chi connectivity index (χ0v) is 7.51. The van der Waals surface area contributed by atoms with Gasteiger partial charge in [-0.3, -0.25) is 0 Å². The molecule has 0 spiro atoms. The minimum absolute atomic E-state index is 0.0968. The molecule has 0 amide bonds. The Bertz CT molecular complexity index is 219. The summed E-state index contributed by atoms with van der Waals surface area (Å²) in [5, 5.41) is 16.6. The molecule has 6 heteroatoms. The second-order valence-electron chi connectivity index (χ2n) is 2.42. The Balaban J connectivity index is 2.35. The van der Waals surface area contributed by atoms with Crippen molar-refractivity contribution in [3.05, 3.63) is 0 Å². The summed E-state index contributed by atoms with van der Waals surface area (Å²) < 4.78 is 20.3. The first-order valence-electron chi connectivity index (χ1n) is 4.09. The Morgan fingerprint density at radius 3 is 1.79 bits per heavy atom. The van der Waals surface area contributed by atoms with Gasteiger partial charge in [0.15, 0.2) is 0 Å². The summed E-state index contributed by atoms with van der Waals surface area (Å²) >= 11 is 0. The molecule has 0 saturated carbocycles. The lowest BCUT2D eigenvalue weighted by Crippen LogP contribution is -2.42. The summed E-state index contributed by atoms with van der Waals surface area (Å²) in [5.74, 6) is 0. The number of rotatable bonds is 4. The van der Waals surface area contributed by atoms with Crippen LogP contribution in [0.15, 0.2) is 0 Å². The van der Waals surface area contributed by atoms with Crippen molar-refractivity contribution in [2.24, 2.45) is 0 Å². The number of nitrogens with zero attached hydrogens (tertiary/aromatic N) is 2. The molecule has 0 aromatic heterocycles. The summed E-state index contributed by atoms with van der Waals surface area (Å²) in [7, 11) is 0. The van der Waals surface area contributed by atoms with Crippen LogP contribution in [-0.2, 0) is 18.9 Å². The Hall–Kier alpha value is -1.18. The molecular formula is C8H10N2O4. The summed E-state index contributed by atoms with van der Waals surface area (Å²) in [6.07, 6.45) is -1.45. The van der Waals surface area contributed by atoms with Crippen molar-refractivity contribution in [3.8, 4) is 12.1 Å². The Morgan fingerprint density at radius 1 is 1.00 bits per heavy atom. The molecular weight excluding hydrogens is 188 g/mol. The van der Waals surface area contributed by atoms with Gasteiger partial charge in [-0.05, 0) is 0 Å². The zero-order chi connectivity index (χ0) is 10.2. The topological polar surface area (TPSA) is 84.5 Å². The normalized spacial score (nSPS) is 26.4. The van der Waals surface area contributed by atoms with E-state index in [9.17, 15) is 0 Å². The monoisotopic (exact) mass is 198 g/mol. The summed E-state index contributed by atoms with van der Waals surface area (Å²) in [5.41, 5.74) is 0. The Labute approximate surface area is 81.5 Å². The van der Waals surface area contributed by atoms with E-state index >= 15 is 0 Å². The number of nitriles is 2. The van der Waals surface area contributed by atoms with E-state index in [1.54, 1.807) is 0 Å². The average molecular weight is 198 g/mol. The van der Waals surface area contributed by atoms with Crippen molar-refractivity contribution in [3.63, 3.8) is 0 Å². The second-order valence-corrected chi connectivity index (χ2v) is 2.42. The van der Waals surface area contributed by atoms with Gasteiger partial charge in [-0.15, -0.1) is 0 Å². The lowest BCUT2D eigenvalue weighted by atomic mass is 10.5. The van der Waals surface area contributed by atoms with Gasteiger partial charge in [-0.25, -0.2) is 0 Å². The van der Waals surface area contributed by atoms with E-state index in [2.05, 4.69) is 0 Å². The van der Waals surface area contributed by atoms with Crippen LogP contribution in [-0.4, -0.2) is 39.0 Å². The standard InChI is InChI=1S/C8H10N2O4/c9-1-3-11-7-8(12-4-2-10)14-6-5-13-7/h7-8H,3-6H2. The Kier molecular flexibility index (Phi) is 4.90. The molecule has 6 nitrogen and oxygen atoms in total. The molecule has 2 unspecified atom stereocenters. The molecule has 14 heavy (non-hydrogen) atoms. The molecule has 0 bridgehead atoms. The highest BCUT2D eigenvalue weighted by atomic mass is 16.8. The highest BCUT2D eigenvalue weighted by molar-refractivity contribution is 4.71. The molecule has 1 aliphatic heterocycles. The maximum absolute atomic E-state index is 8.29. The lowest BCUT2D eigenvalue weighted by molar-refractivity contribution is -0.314. The van der Waals surface area contributed by atoms with Gasteiger partial charge in [0.05, 0.1) is 25.4 Å². The molecule has 1 saturated heterocycles. The van der Waals surface area contributed by atoms with Crippen molar-refractivity contribution >= 4 is 0 Å². The fraction of sp³-hybridized carbons (Fsp3) is 0.750.